The minimum absolute atomic E-state index is 0.249. The summed E-state index contributed by atoms with van der Waals surface area (Å²) in [5.41, 5.74) is 1.36. The van der Waals surface area contributed by atoms with Gasteiger partial charge >= 0.3 is 0 Å². The quantitative estimate of drug-likeness (QED) is 0.837. The van der Waals surface area contributed by atoms with Crippen molar-refractivity contribution < 1.29 is 14.2 Å². The van der Waals surface area contributed by atoms with Crippen molar-refractivity contribution in [3.8, 4) is 5.75 Å². The Kier molecular flexibility index (Phi) is 5.34. The molecule has 0 aliphatic carbocycles. The van der Waals surface area contributed by atoms with Crippen LogP contribution in [-0.2, 0) is 9.47 Å². The molecule has 0 N–H and O–H groups in total. The molecular weight excluding hydrogens is 278 g/mol. The fourth-order valence-electron chi connectivity index (χ4n) is 3.44. The lowest BCUT2D eigenvalue weighted by Crippen LogP contribution is -2.48. The summed E-state index contributed by atoms with van der Waals surface area (Å²) in [7, 11) is 1.71. The van der Waals surface area contributed by atoms with Gasteiger partial charge in [-0.05, 0) is 36.5 Å². The predicted molar refractivity (Wildman–Crippen MR) is 86.6 cm³/mol. The molecule has 0 aromatic heterocycles. The number of hydrogen-bond acceptors (Lipinski definition) is 4. The number of rotatable bonds is 5. The third kappa shape index (κ3) is 3.80. The average molecular weight is 305 g/mol. The van der Waals surface area contributed by atoms with E-state index in [2.05, 4.69) is 24.0 Å². The fraction of sp³-hybridized carbons (Fsp3) is 0.667. The van der Waals surface area contributed by atoms with E-state index in [1.807, 2.05) is 12.1 Å². The number of methoxy groups -OCH3 is 1. The maximum Gasteiger partial charge on any atom is 0.118 e. The molecule has 2 saturated heterocycles. The molecule has 2 fully saturated rings. The van der Waals surface area contributed by atoms with E-state index in [-0.39, 0.29) is 6.10 Å². The van der Waals surface area contributed by atoms with Gasteiger partial charge in [0.15, 0.2) is 0 Å². The van der Waals surface area contributed by atoms with Crippen LogP contribution in [-0.4, -0.2) is 57.1 Å². The Bertz CT molecular complexity index is 456. The molecule has 1 aromatic carbocycles. The topological polar surface area (TPSA) is 30.9 Å². The first kappa shape index (κ1) is 15.8. The second-order valence-electron chi connectivity index (χ2n) is 6.39. The monoisotopic (exact) mass is 305 g/mol. The number of benzene rings is 1. The number of nitrogens with zero attached hydrogens (tertiary/aromatic N) is 1. The number of morpholine rings is 1. The van der Waals surface area contributed by atoms with Crippen LogP contribution < -0.4 is 4.74 Å². The maximum atomic E-state index is 5.93. The lowest BCUT2D eigenvalue weighted by Gasteiger charge is -2.36. The molecule has 3 rings (SSSR count). The lowest BCUT2D eigenvalue weighted by atomic mass is 9.99. The van der Waals surface area contributed by atoms with Gasteiger partial charge in [0.25, 0.3) is 0 Å². The highest BCUT2D eigenvalue weighted by Gasteiger charge is 2.31. The molecule has 0 spiro atoms. The standard InChI is InChI=1S/C18H27NO3/c1-14(15-5-7-16(20-2)8-6-15)12-19-9-11-22-18(13-19)17-4-3-10-21-17/h5-8,14,17-18H,3-4,9-13H2,1-2H3/t14-,17-,18+/m1/s1. The minimum atomic E-state index is 0.249. The molecule has 3 atom stereocenters. The van der Waals surface area contributed by atoms with Crippen molar-refractivity contribution in [1.82, 2.24) is 4.90 Å². The molecule has 0 amide bonds. The van der Waals surface area contributed by atoms with Gasteiger partial charge in [-0.15, -0.1) is 0 Å². The average Bonchev–Trinajstić information content (AvgIpc) is 3.10. The molecule has 0 radical (unpaired) electrons. The molecule has 4 heteroatoms. The van der Waals surface area contributed by atoms with Gasteiger partial charge in [0.05, 0.1) is 25.9 Å². The summed E-state index contributed by atoms with van der Waals surface area (Å²) >= 11 is 0. The molecule has 0 unspecified atom stereocenters. The number of ether oxygens (including phenoxy) is 3. The van der Waals surface area contributed by atoms with Gasteiger partial charge in [-0.25, -0.2) is 0 Å². The minimum Gasteiger partial charge on any atom is -0.497 e. The summed E-state index contributed by atoms with van der Waals surface area (Å²) < 4.78 is 16.9. The van der Waals surface area contributed by atoms with Gasteiger partial charge in [0.2, 0.25) is 0 Å². The summed E-state index contributed by atoms with van der Waals surface area (Å²) in [4.78, 5) is 2.52. The van der Waals surface area contributed by atoms with Gasteiger partial charge in [0, 0.05) is 26.2 Å². The van der Waals surface area contributed by atoms with E-state index >= 15 is 0 Å². The van der Waals surface area contributed by atoms with E-state index in [9.17, 15) is 0 Å². The molecule has 4 nitrogen and oxygen atoms in total. The first-order chi connectivity index (χ1) is 10.8. The van der Waals surface area contributed by atoms with E-state index in [0.29, 0.717) is 12.0 Å². The molecule has 22 heavy (non-hydrogen) atoms. The Labute approximate surface area is 133 Å². The van der Waals surface area contributed by atoms with Gasteiger partial charge in [-0.1, -0.05) is 19.1 Å². The first-order valence-electron chi connectivity index (χ1n) is 8.36. The zero-order chi connectivity index (χ0) is 15.4. The van der Waals surface area contributed by atoms with Crippen molar-refractivity contribution in [2.45, 2.75) is 37.9 Å². The Balaban J connectivity index is 1.54. The van der Waals surface area contributed by atoms with Crippen molar-refractivity contribution in [1.29, 1.82) is 0 Å². The second kappa shape index (κ2) is 7.44. The Morgan fingerprint density at radius 3 is 2.64 bits per heavy atom. The van der Waals surface area contributed by atoms with Crippen LogP contribution in [0, 0.1) is 0 Å². The van der Waals surface area contributed by atoms with E-state index in [1.54, 1.807) is 7.11 Å². The smallest absolute Gasteiger partial charge is 0.118 e. The molecular formula is C18H27NO3. The van der Waals surface area contributed by atoms with E-state index in [0.717, 1.165) is 45.0 Å². The fourth-order valence-corrected chi connectivity index (χ4v) is 3.44. The maximum absolute atomic E-state index is 5.93. The van der Waals surface area contributed by atoms with Gasteiger partial charge in [-0.3, -0.25) is 4.90 Å². The normalized spacial score (nSPS) is 27.7. The molecule has 122 valence electrons. The van der Waals surface area contributed by atoms with Gasteiger partial charge in [0.1, 0.15) is 5.75 Å². The molecule has 2 heterocycles. The third-order valence-corrected chi connectivity index (χ3v) is 4.77. The van der Waals surface area contributed by atoms with Gasteiger partial charge in [-0.2, -0.15) is 0 Å². The predicted octanol–water partition coefficient (Wildman–Crippen LogP) is 2.68. The highest BCUT2D eigenvalue weighted by Crippen LogP contribution is 2.24. The summed E-state index contributed by atoms with van der Waals surface area (Å²) in [6.07, 6.45) is 2.87. The molecule has 0 bridgehead atoms. The van der Waals surface area contributed by atoms with E-state index < -0.39 is 0 Å². The zero-order valence-corrected chi connectivity index (χ0v) is 13.7. The highest BCUT2D eigenvalue weighted by molar-refractivity contribution is 5.29. The molecule has 1 aromatic rings. The van der Waals surface area contributed by atoms with E-state index in [1.165, 1.54) is 12.0 Å². The third-order valence-electron chi connectivity index (χ3n) is 4.77. The molecule has 0 saturated carbocycles. The lowest BCUT2D eigenvalue weighted by molar-refractivity contribution is -0.0948. The highest BCUT2D eigenvalue weighted by atomic mass is 16.5. The Hall–Kier alpha value is -1.10. The molecule has 2 aliphatic rings. The summed E-state index contributed by atoms with van der Waals surface area (Å²) in [5, 5.41) is 0. The summed E-state index contributed by atoms with van der Waals surface area (Å²) in [6.45, 7) is 7.08. The Morgan fingerprint density at radius 1 is 1.18 bits per heavy atom. The van der Waals surface area contributed by atoms with Crippen LogP contribution in [0.1, 0.15) is 31.2 Å². The van der Waals surface area contributed by atoms with Crippen molar-refractivity contribution in [2.75, 3.05) is 40.0 Å². The van der Waals surface area contributed by atoms with Crippen molar-refractivity contribution in [3.63, 3.8) is 0 Å². The van der Waals surface area contributed by atoms with Crippen LogP contribution in [0.5, 0.6) is 5.75 Å². The largest absolute Gasteiger partial charge is 0.497 e. The van der Waals surface area contributed by atoms with E-state index in [4.69, 9.17) is 14.2 Å². The van der Waals surface area contributed by atoms with Crippen LogP contribution in [0.4, 0.5) is 0 Å². The first-order valence-corrected chi connectivity index (χ1v) is 8.36. The SMILES string of the molecule is COc1ccc([C@H](C)CN2CCO[C@H]([C@H]3CCCO3)C2)cc1. The van der Waals surface area contributed by atoms with Gasteiger partial charge < -0.3 is 14.2 Å². The van der Waals surface area contributed by atoms with Crippen LogP contribution >= 0.6 is 0 Å². The van der Waals surface area contributed by atoms with Crippen LogP contribution in [0.3, 0.4) is 0 Å². The van der Waals surface area contributed by atoms with Crippen molar-refractivity contribution in [3.05, 3.63) is 29.8 Å². The van der Waals surface area contributed by atoms with Crippen LogP contribution in [0.25, 0.3) is 0 Å². The zero-order valence-electron chi connectivity index (χ0n) is 13.7. The van der Waals surface area contributed by atoms with Crippen LogP contribution in [0.2, 0.25) is 0 Å². The second-order valence-corrected chi connectivity index (χ2v) is 6.39. The van der Waals surface area contributed by atoms with Crippen molar-refractivity contribution in [2.24, 2.45) is 0 Å². The molecule has 2 aliphatic heterocycles. The Morgan fingerprint density at radius 2 is 1.95 bits per heavy atom. The summed E-state index contributed by atoms with van der Waals surface area (Å²) in [6, 6.07) is 8.42. The van der Waals surface area contributed by atoms with Crippen LogP contribution in [0.15, 0.2) is 24.3 Å². The van der Waals surface area contributed by atoms with Crippen molar-refractivity contribution >= 4 is 0 Å². The number of hydrogen-bond donors (Lipinski definition) is 0. The summed E-state index contributed by atoms with van der Waals surface area (Å²) in [5.74, 6) is 1.43.